The molecule has 1 aliphatic rings. The Labute approximate surface area is 157 Å². The van der Waals surface area contributed by atoms with Gasteiger partial charge >= 0.3 is 6.18 Å². The van der Waals surface area contributed by atoms with Gasteiger partial charge in [0.05, 0.1) is 23.1 Å². The van der Waals surface area contributed by atoms with Gasteiger partial charge in [0.2, 0.25) is 5.91 Å². The molecule has 0 saturated carbocycles. The van der Waals surface area contributed by atoms with Crippen LogP contribution in [-0.4, -0.2) is 29.2 Å². The highest BCUT2D eigenvalue weighted by Crippen LogP contribution is 2.34. The van der Waals surface area contributed by atoms with Crippen molar-refractivity contribution in [2.45, 2.75) is 17.2 Å². The number of hydrogen-bond acceptors (Lipinski definition) is 4. The SMILES string of the molecule is O=C1CSc2ccc(C(=O)NCC(O)c3ccccc3C(F)(F)F)cc2N1. The van der Waals surface area contributed by atoms with Crippen LogP contribution in [-0.2, 0) is 11.0 Å². The van der Waals surface area contributed by atoms with Gasteiger partial charge in [-0.3, -0.25) is 9.59 Å². The van der Waals surface area contributed by atoms with Crippen molar-refractivity contribution in [1.29, 1.82) is 0 Å². The minimum atomic E-state index is -4.60. The average Bonchev–Trinajstić information content (AvgIpc) is 2.64. The Morgan fingerprint density at radius 1 is 1.26 bits per heavy atom. The van der Waals surface area contributed by atoms with E-state index in [1.165, 1.54) is 36.0 Å². The third-order valence-corrected chi connectivity index (χ3v) is 5.03. The van der Waals surface area contributed by atoms with E-state index in [2.05, 4.69) is 10.6 Å². The highest BCUT2D eigenvalue weighted by molar-refractivity contribution is 8.00. The van der Waals surface area contributed by atoms with E-state index in [4.69, 9.17) is 0 Å². The quantitative estimate of drug-likeness (QED) is 0.742. The van der Waals surface area contributed by atoms with Crippen molar-refractivity contribution in [1.82, 2.24) is 5.32 Å². The van der Waals surface area contributed by atoms with E-state index < -0.39 is 23.8 Å². The smallest absolute Gasteiger partial charge is 0.387 e. The fourth-order valence-corrected chi connectivity index (χ4v) is 3.46. The second-order valence-electron chi connectivity index (χ2n) is 5.86. The average molecular weight is 396 g/mol. The maximum Gasteiger partial charge on any atom is 0.416 e. The number of carbonyl (C=O) groups excluding carboxylic acids is 2. The van der Waals surface area contributed by atoms with Crippen molar-refractivity contribution < 1.29 is 27.9 Å². The number of fused-ring (bicyclic) bond motifs is 1. The maximum atomic E-state index is 13.0. The molecule has 3 N–H and O–H groups in total. The van der Waals surface area contributed by atoms with E-state index in [0.29, 0.717) is 11.4 Å². The summed E-state index contributed by atoms with van der Waals surface area (Å²) >= 11 is 1.35. The van der Waals surface area contributed by atoms with Crippen LogP contribution in [0.5, 0.6) is 0 Å². The molecular formula is C18H15F3N2O3S. The number of thioether (sulfide) groups is 1. The fourth-order valence-electron chi connectivity index (χ4n) is 2.67. The van der Waals surface area contributed by atoms with Gasteiger partial charge in [0.15, 0.2) is 0 Å². The monoisotopic (exact) mass is 396 g/mol. The normalized spacial score (nSPS) is 14.9. The van der Waals surface area contributed by atoms with E-state index in [0.717, 1.165) is 11.0 Å². The first-order valence-electron chi connectivity index (χ1n) is 7.95. The Hall–Kier alpha value is -2.52. The van der Waals surface area contributed by atoms with Crippen LogP contribution in [0.15, 0.2) is 47.4 Å². The van der Waals surface area contributed by atoms with Crippen LogP contribution >= 0.6 is 11.8 Å². The Morgan fingerprint density at radius 2 is 2.00 bits per heavy atom. The summed E-state index contributed by atoms with van der Waals surface area (Å²) in [5.74, 6) is -0.445. The van der Waals surface area contributed by atoms with Gasteiger partial charge in [-0.25, -0.2) is 0 Å². The van der Waals surface area contributed by atoms with Crippen LogP contribution in [0.3, 0.4) is 0 Å². The van der Waals surface area contributed by atoms with Gasteiger partial charge in [0.1, 0.15) is 0 Å². The molecule has 1 atom stereocenters. The number of amides is 2. The zero-order valence-electron chi connectivity index (χ0n) is 13.8. The predicted molar refractivity (Wildman–Crippen MR) is 94.5 cm³/mol. The highest BCUT2D eigenvalue weighted by Gasteiger charge is 2.34. The summed E-state index contributed by atoms with van der Waals surface area (Å²) in [5, 5.41) is 15.2. The maximum absolute atomic E-state index is 13.0. The van der Waals surface area contributed by atoms with E-state index >= 15 is 0 Å². The van der Waals surface area contributed by atoms with Crippen LogP contribution < -0.4 is 10.6 Å². The Kier molecular flexibility index (Phi) is 5.43. The molecule has 0 fully saturated rings. The van der Waals surface area contributed by atoms with Crippen LogP contribution in [0.4, 0.5) is 18.9 Å². The van der Waals surface area contributed by atoms with Crippen molar-refractivity contribution >= 4 is 29.3 Å². The minimum absolute atomic E-state index is 0.177. The second kappa shape index (κ2) is 7.61. The van der Waals surface area contributed by atoms with E-state index in [1.54, 1.807) is 12.1 Å². The number of halogens is 3. The summed E-state index contributed by atoms with van der Waals surface area (Å²) in [5.41, 5.74) is -0.514. The molecule has 5 nitrogen and oxygen atoms in total. The molecule has 9 heteroatoms. The van der Waals surface area contributed by atoms with E-state index in [9.17, 15) is 27.9 Å². The summed E-state index contributed by atoms with van der Waals surface area (Å²) in [6.07, 6.45) is -6.12. The summed E-state index contributed by atoms with van der Waals surface area (Å²) < 4.78 is 39.1. The van der Waals surface area contributed by atoms with Gasteiger partial charge in [-0.05, 0) is 29.8 Å². The standard InChI is InChI=1S/C18H15F3N2O3S/c19-18(20,21)12-4-2-1-3-11(12)14(24)8-22-17(26)10-5-6-15-13(7-10)23-16(25)9-27-15/h1-7,14,24H,8-9H2,(H,22,26)(H,23,25). The highest BCUT2D eigenvalue weighted by atomic mass is 32.2. The number of aliphatic hydroxyl groups excluding tert-OH is 1. The van der Waals surface area contributed by atoms with Crippen LogP contribution in [0, 0.1) is 0 Å². The van der Waals surface area contributed by atoms with E-state index in [1.807, 2.05) is 0 Å². The minimum Gasteiger partial charge on any atom is -0.387 e. The molecule has 1 unspecified atom stereocenters. The topological polar surface area (TPSA) is 78.4 Å². The molecule has 0 spiro atoms. The molecule has 2 amide bonds. The Bertz CT molecular complexity index is 886. The summed E-state index contributed by atoms with van der Waals surface area (Å²) in [6.45, 7) is -0.385. The van der Waals surface area contributed by atoms with Gasteiger partial charge in [-0.15, -0.1) is 11.8 Å². The number of aliphatic hydroxyl groups is 1. The molecule has 2 aromatic carbocycles. The van der Waals surface area contributed by atoms with Crippen molar-refractivity contribution in [2.24, 2.45) is 0 Å². The van der Waals surface area contributed by atoms with Crippen molar-refractivity contribution in [2.75, 3.05) is 17.6 Å². The predicted octanol–water partition coefficient (Wildman–Crippen LogP) is 3.21. The Morgan fingerprint density at radius 3 is 2.74 bits per heavy atom. The molecule has 0 aromatic heterocycles. The fraction of sp³-hybridized carbons (Fsp3) is 0.222. The van der Waals surface area contributed by atoms with Crippen molar-refractivity contribution in [3.05, 3.63) is 59.2 Å². The molecule has 0 radical (unpaired) electrons. The molecule has 0 aliphatic carbocycles. The third kappa shape index (κ3) is 4.42. The van der Waals surface area contributed by atoms with E-state index in [-0.39, 0.29) is 23.6 Å². The lowest BCUT2D eigenvalue weighted by Gasteiger charge is -2.19. The molecule has 0 saturated heterocycles. The van der Waals surface area contributed by atoms with Crippen LogP contribution in [0.25, 0.3) is 0 Å². The van der Waals surface area contributed by atoms with Crippen LogP contribution in [0.1, 0.15) is 27.6 Å². The first-order valence-corrected chi connectivity index (χ1v) is 8.93. The van der Waals surface area contributed by atoms with Gasteiger partial charge < -0.3 is 15.7 Å². The molecule has 1 aliphatic heterocycles. The third-order valence-electron chi connectivity index (χ3n) is 3.96. The van der Waals surface area contributed by atoms with Crippen LogP contribution in [0.2, 0.25) is 0 Å². The molecule has 27 heavy (non-hydrogen) atoms. The van der Waals surface area contributed by atoms with Gasteiger partial charge in [0.25, 0.3) is 5.91 Å². The lowest BCUT2D eigenvalue weighted by molar-refractivity contribution is -0.139. The first kappa shape index (κ1) is 19.2. The lowest BCUT2D eigenvalue weighted by Crippen LogP contribution is -2.29. The number of anilines is 1. The number of benzene rings is 2. The zero-order valence-corrected chi connectivity index (χ0v) is 14.7. The lowest BCUT2D eigenvalue weighted by atomic mass is 10.0. The molecule has 3 rings (SSSR count). The summed E-state index contributed by atoms with van der Waals surface area (Å²) in [6, 6.07) is 9.40. The zero-order chi connectivity index (χ0) is 19.6. The molecule has 1 heterocycles. The van der Waals surface area contributed by atoms with Gasteiger partial charge in [-0.2, -0.15) is 13.2 Å². The molecule has 142 valence electrons. The largest absolute Gasteiger partial charge is 0.416 e. The van der Waals surface area contributed by atoms with Crippen molar-refractivity contribution in [3.63, 3.8) is 0 Å². The number of rotatable bonds is 4. The molecular weight excluding hydrogens is 381 g/mol. The number of hydrogen-bond donors (Lipinski definition) is 3. The van der Waals surface area contributed by atoms with Crippen molar-refractivity contribution in [3.8, 4) is 0 Å². The van der Waals surface area contributed by atoms with Gasteiger partial charge in [0, 0.05) is 17.0 Å². The number of carbonyl (C=O) groups is 2. The second-order valence-corrected chi connectivity index (χ2v) is 6.88. The Balaban J connectivity index is 1.70. The summed E-state index contributed by atoms with van der Waals surface area (Å²) in [4.78, 5) is 24.5. The summed E-state index contributed by atoms with van der Waals surface area (Å²) in [7, 11) is 0. The number of alkyl halides is 3. The first-order chi connectivity index (χ1) is 12.8. The molecule has 2 aromatic rings. The van der Waals surface area contributed by atoms with Gasteiger partial charge in [-0.1, -0.05) is 18.2 Å². The number of nitrogens with one attached hydrogen (secondary N) is 2. The molecule has 0 bridgehead atoms.